The Balaban J connectivity index is 1.28. The summed E-state index contributed by atoms with van der Waals surface area (Å²) < 4.78 is 0. The van der Waals surface area contributed by atoms with Gasteiger partial charge in [-0.25, -0.2) is 0 Å². The smallest absolute Gasteiger partial charge is 0.115 e. The van der Waals surface area contributed by atoms with Crippen LogP contribution >= 0.6 is 0 Å². The molecule has 5 aromatic carbocycles. The molecule has 340 valence electrons. The number of aromatic hydroxyl groups is 4. The van der Waals surface area contributed by atoms with Crippen LogP contribution in [0.3, 0.4) is 0 Å². The molecule has 5 aromatic rings. The molecule has 13 N–H and O–H groups in total. The van der Waals surface area contributed by atoms with Gasteiger partial charge in [0.2, 0.25) is 0 Å². The van der Waals surface area contributed by atoms with Crippen molar-refractivity contribution < 1.29 is 25.5 Å². The molecule has 12 heteroatoms. The Labute approximate surface area is 374 Å². The Morgan fingerprint density at radius 2 is 0.698 bits per heavy atom. The van der Waals surface area contributed by atoms with E-state index in [1.54, 1.807) is 48.5 Å². The second-order valence-electron chi connectivity index (χ2n) is 16.8. The third-order valence-corrected chi connectivity index (χ3v) is 11.6. The van der Waals surface area contributed by atoms with Crippen molar-refractivity contribution in [3.05, 3.63) is 155 Å². The summed E-state index contributed by atoms with van der Waals surface area (Å²) in [5.41, 5.74) is 11.8. The summed E-state index contributed by atoms with van der Waals surface area (Å²) in [6.45, 7) is 8.38. The van der Waals surface area contributed by atoms with E-state index in [1.165, 1.54) is 5.56 Å². The van der Waals surface area contributed by atoms with E-state index in [-0.39, 0.29) is 59.2 Å². The van der Waals surface area contributed by atoms with E-state index < -0.39 is 6.10 Å². The lowest BCUT2D eigenvalue weighted by atomic mass is 10.0. The molecule has 0 aromatic heterocycles. The number of hydrogen-bond acceptors (Lipinski definition) is 12. The summed E-state index contributed by atoms with van der Waals surface area (Å²) in [5, 5.41) is 73.1. The molecule has 0 saturated carbocycles. The highest BCUT2D eigenvalue weighted by Crippen LogP contribution is 2.16. The van der Waals surface area contributed by atoms with Gasteiger partial charge in [0, 0.05) is 75.5 Å². The summed E-state index contributed by atoms with van der Waals surface area (Å²) >= 11 is 0. The minimum atomic E-state index is -0.614. The number of rotatable bonds is 29. The molecule has 0 radical (unpaired) electrons. The molecule has 0 aliphatic heterocycles. The van der Waals surface area contributed by atoms with E-state index in [0.29, 0.717) is 39.1 Å². The lowest BCUT2D eigenvalue weighted by molar-refractivity contribution is 0.139. The fraction of sp³-hybridized carbons (Fsp3) is 0.412. The number of nitrogens with two attached hydrogens (primary N) is 1. The van der Waals surface area contributed by atoms with Crippen molar-refractivity contribution in [1.29, 1.82) is 0 Å². The van der Waals surface area contributed by atoms with E-state index in [4.69, 9.17) is 5.73 Å². The number of phenols is 4. The minimum Gasteiger partial charge on any atom is -0.508 e. The zero-order chi connectivity index (χ0) is 44.8. The molecule has 12 nitrogen and oxygen atoms in total. The molecule has 0 saturated heterocycles. The van der Waals surface area contributed by atoms with Gasteiger partial charge in [0.15, 0.2) is 0 Å². The Kier molecular flexibility index (Phi) is 20.7. The fourth-order valence-corrected chi connectivity index (χ4v) is 7.89. The van der Waals surface area contributed by atoms with Crippen molar-refractivity contribution in [2.45, 2.75) is 88.3 Å². The molecule has 0 aliphatic carbocycles. The van der Waals surface area contributed by atoms with Crippen LogP contribution in [0.15, 0.2) is 127 Å². The van der Waals surface area contributed by atoms with E-state index in [0.717, 1.165) is 61.0 Å². The topological polar surface area (TPSA) is 199 Å². The maximum Gasteiger partial charge on any atom is 0.115 e. The zero-order valence-electron chi connectivity index (χ0n) is 37.0. The van der Waals surface area contributed by atoms with Gasteiger partial charge in [0.1, 0.15) is 23.0 Å². The molecule has 5 rings (SSSR count). The largest absolute Gasteiger partial charge is 0.508 e. The van der Waals surface area contributed by atoms with Crippen LogP contribution in [-0.2, 0) is 32.1 Å². The van der Waals surface area contributed by atoms with Gasteiger partial charge in [-0.3, -0.25) is 0 Å². The Morgan fingerprint density at radius 1 is 0.397 bits per heavy atom. The van der Waals surface area contributed by atoms with E-state index in [9.17, 15) is 25.5 Å². The first-order chi connectivity index (χ1) is 30.5. The molecule has 63 heavy (non-hydrogen) atoms. The highest BCUT2D eigenvalue weighted by atomic mass is 16.3. The highest BCUT2D eigenvalue weighted by molar-refractivity contribution is 5.29. The SMILES string of the molecule is CCN[C@H](CN[C@H](CN[C@H](CN[C@H](CN[C@@H](CN[C@H](CN)Cc1ccc(O)cc1)[C@@H](C)O)Cc1ccccc1)Cc1ccc(O)cc1)Cc1ccc(O)cc1)Cc1ccc(O)cc1. The molecule has 0 bridgehead atoms. The van der Waals surface area contributed by atoms with Crippen molar-refractivity contribution in [2.24, 2.45) is 5.73 Å². The Bertz CT molecular complexity index is 1970. The molecule has 0 unspecified atom stereocenters. The average molecular weight is 862 g/mol. The fourth-order valence-electron chi connectivity index (χ4n) is 7.89. The van der Waals surface area contributed by atoms with Crippen molar-refractivity contribution in [1.82, 2.24) is 31.9 Å². The summed E-state index contributed by atoms with van der Waals surface area (Å²) in [7, 11) is 0. The van der Waals surface area contributed by atoms with Crippen molar-refractivity contribution in [3.63, 3.8) is 0 Å². The van der Waals surface area contributed by atoms with Crippen molar-refractivity contribution >= 4 is 0 Å². The van der Waals surface area contributed by atoms with Crippen LogP contribution in [-0.4, -0.2) is 114 Å². The van der Waals surface area contributed by atoms with Gasteiger partial charge in [0.25, 0.3) is 0 Å². The summed E-state index contributed by atoms with van der Waals surface area (Å²) in [5.74, 6) is 0.960. The maximum atomic E-state index is 10.9. The van der Waals surface area contributed by atoms with Crippen molar-refractivity contribution in [3.8, 4) is 23.0 Å². The number of likely N-dealkylation sites (N-methyl/N-ethyl adjacent to an activating group) is 1. The van der Waals surface area contributed by atoms with Crippen LogP contribution < -0.4 is 37.6 Å². The second kappa shape index (κ2) is 26.6. The maximum absolute atomic E-state index is 10.9. The molecule has 0 fully saturated rings. The summed E-state index contributed by atoms with van der Waals surface area (Å²) in [4.78, 5) is 0. The van der Waals surface area contributed by atoms with Crippen molar-refractivity contribution in [2.75, 3.05) is 45.8 Å². The van der Waals surface area contributed by atoms with Gasteiger partial charge in [-0.1, -0.05) is 85.8 Å². The lowest BCUT2D eigenvalue weighted by Gasteiger charge is -2.30. The Morgan fingerprint density at radius 3 is 1.03 bits per heavy atom. The van der Waals surface area contributed by atoms with Gasteiger partial charge in [-0.2, -0.15) is 0 Å². The minimum absolute atomic E-state index is 0.00276. The van der Waals surface area contributed by atoms with Crippen LogP contribution in [0.5, 0.6) is 23.0 Å². The number of aliphatic hydroxyl groups excluding tert-OH is 1. The zero-order valence-corrected chi connectivity index (χ0v) is 37.0. The standard InChI is InChI=1S/C51H71N7O5/c1-3-53-43(27-39-11-19-48(61)20-12-39)31-54-44(28-40-13-21-49(62)22-14-40)32-55-45(29-41-15-23-50(63)24-16-41)33-56-46(26-37-7-5-4-6-8-37)34-58-51(36(2)59)35-57-42(30-52)25-38-9-17-47(60)18-10-38/h4-24,36,42-46,51,53-63H,3,25-35,52H2,1-2H3/t36-,42+,43+,44+,45+,46+,51+/m1/s1. The third kappa shape index (κ3) is 18.3. The average Bonchev–Trinajstić information content (AvgIpc) is 3.28. The van der Waals surface area contributed by atoms with Gasteiger partial charge < -0.3 is 63.2 Å². The lowest BCUT2D eigenvalue weighted by Crippen LogP contribution is -2.55. The van der Waals surface area contributed by atoms with Crippen LogP contribution in [0.25, 0.3) is 0 Å². The molecular weight excluding hydrogens is 791 g/mol. The monoisotopic (exact) mass is 862 g/mol. The van der Waals surface area contributed by atoms with Crippen LogP contribution in [0.2, 0.25) is 0 Å². The number of nitrogens with one attached hydrogen (secondary N) is 6. The molecule has 7 atom stereocenters. The second-order valence-corrected chi connectivity index (χ2v) is 16.8. The van der Waals surface area contributed by atoms with E-state index >= 15 is 0 Å². The quantitative estimate of drug-likeness (QED) is 0.0329. The third-order valence-electron chi connectivity index (χ3n) is 11.6. The summed E-state index contributed by atoms with van der Waals surface area (Å²) in [6.07, 6.45) is 3.16. The predicted molar refractivity (Wildman–Crippen MR) is 255 cm³/mol. The van der Waals surface area contributed by atoms with Crippen LogP contribution in [0, 0.1) is 0 Å². The highest BCUT2D eigenvalue weighted by Gasteiger charge is 2.22. The van der Waals surface area contributed by atoms with Gasteiger partial charge in [-0.15, -0.1) is 0 Å². The number of hydrogen-bond donors (Lipinski definition) is 12. The Hall–Kier alpha value is -5.02. The van der Waals surface area contributed by atoms with Gasteiger partial charge in [-0.05, 0) is 122 Å². The number of aliphatic hydroxyl groups is 1. The number of benzene rings is 5. The normalized spacial score (nSPS) is 15.0. The first-order valence-electron chi connectivity index (χ1n) is 22.5. The first kappa shape index (κ1) is 49.0. The van der Waals surface area contributed by atoms with E-state index in [2.05, 4.69) is 63.1 Å². The van der Waals surface area contributed by atoms with Gasteiger partial charge >= 0.3 is 0 Å². The molecule has 0 amide bonds. The van der Waals surface area contributed by atoms with Crippen LogP contribution in [0.1, 0.15) is 41.7 Å². The molecule has 0 aliphatic rings. The van der Waals surface area contributed by atoms with Crippen LogP contribution in [0.4, 0.5) is 0 Å². The first-order valence-corrected chi connectivity index (χ1v) is 22.5. The number of phenolic OH excluding ortho intramolecular Hbond substituents is 4. The van der Waals surface area contributed by atoms with E-state index in [1.807, 2.05) is 61.5 Å². The predicted octanol–water partition coefficient (Wildman–Crippen LogP) is 4.13. The summed E-state index contributed by atoms with van der Waals surface area (Å²) in [6, 6.07) is 39.9. The molecule has 0 spiro atoms. The van der Waals surface area contributed by atoms with Gasteiger partial charge in [0.05, 0.1) is 6.10 Å². The molecular formula is C51H71N7O5. The molecule has 0 heterocycles.